The summed E-state index contributed by atoms with van der Waals surface area (Å²) in [5, 5.41) is 13.0. The summed E-state index contributed by atoms with van der Waals surface area (Å²) < 4.78 is 31.7. The molecule has 1 aliphatic rings. The van der Waals surface area contributed by atoms with Crippen LogP contribution in [0.4, 0.5) is 4.79 Å². The fraction of sp³-hybridized carbons (Fsp3) is 0.625. The van der Waals surface area contributed by atoms with Crippen molar-refractivity contribution >= 4 is 16.1 Å². The number of aliphatic hydroxyl groups is 1. The van der Waals surface area contributed by atoms with Gasteiger partial charge in [-0.2, -0.15) is 4.31 Å². The number of aliphatic hydroxyl groups excluding tert-OH is 1. The van der Waals surface area contributed by atoms with Crippen LogP contribution in [0.15, 0.2) is 29.4 Å². The first-order valence-corrected chi connectivity index (χ1v) is 9.62. The van der Waals surface area contributed by atoms with E-state index in [0.29, 0.717) is 12.8 Å². The standard InChI is InChI=1S/C16H25N3O5S/c1-16(2,3)24-15(21)18-12-7-6-10-19(11-13(12)20)25(22,23)14-8-4-5-9-17-14/h4-5,8-9,12-13,20H,6-7,10-11H2,1-3H3,(H,18,21)/t12-,13-/m1/s1. The Morgan fingerprint density at radius 3 is 2.72 bits per heavy atom. The molecule has 1 saturated heterocycles. The van der Waals surface area contributed by atoms with Crippen LogP contribution < -0.4 is 5.32 Å². The molecule has 8 nitrogen and oxygen atoms in total. The molecule has 0 saturated carbocycles. The molecule has 0 aliphatic carbocycles. The fourth-order valence-corrected chi connectivity index (χ4v) is 4.01. The average molecular weight is 371 g/mol. The summed E-state index contributed by atoms with van der Waals surface area (Å²) in [6.07, 6.45) is 0.706. The van der Waals surface area contributed by atoms with Crippen LogP contribution in [0.5, 0.6) is 0 Å². The SMILES string of the molecule is CC(C)(C)OC(=O)N[C@@H]1CCCN(S(=O)(=O)c2ccccn2)C[C@H]1O. The second kappa shape index (κ2) is 7.67. The highest BCUT2D eigenvalue weighted by Gasteiger charge is 2.34. The highest BCUT2D eigenvalue weighted by atomic mass is 32.2. The summed E-state index contributed by atoms with van der Waals surface area (Å²) in [7, 11) is -3.78. The second-order valence-electron chi connectivity index (χ2n) is 6.99. The van der Waals surface area contributed by atoms with E-state index in [1.54, 1.807) is 32.9 Å². The van der Waals surface area contributed by atoms with Gasteiger partial charge in [0.25, 0.3) is 10.0 Å². The number of nitrogens with zero attached hydrogens (tertiary/aromatic N) is 2. The van der Waals surface area contributed by atoms with Gasteiger partial charge in [-0.15, -0.1) is 0 Å². The number of rotatable bonds is 3. The molecule has 1 fully saturated rings. The van der Waals surface area contributed by atoms with Crippen LogP contribution in [0.3, 0.4) is 0 Å². The van der Waals surface area contributed by atoms with E-state index < -0.39 is 33.9 Å². The molecule has 1 amide bonds. The minimum Gasteiger partial charge on any atom is -0.444 e. The van der Waals surface area contributed by atoms with E-state index in [-0.39, 0.29) is 18.1 Å². The third kappa shape index (κ3) is 5.38. The predicted octanol–water partition coefficient (Wildman–Crippen LogP) is 1.12. The average Bonchev–Trinajstić information content (AvgIpc) is 2.69. The van der Waals surface area contributed by atoms with E-state index in [4.69, 9.17) is 4.74 Å². The zero-order chi connectivity index (χ0) is 18.7. The highest BCUT2D eigenvalue weighted by Crippen LogP contribution is 2.20. The highest BCUT2D eigenvalue weighted by molar-refractivity contribution is 7.89. The Hall–Kier alpha value is -1.71. The Balaban J connectivity index is 2.06. The maximum absolute atomic E-state index is 12.6. The molecular weight excluding hydrogens is 346 g/mol. The number of hydrogen-bond donors (Lipinski definition) is 2. The minimum atomic E-state index is -3.78. The van der Waals surface area contributed by atoms with Crippen LogP contribution in [0.2, 0.25) is 0 Å². The molecule has 2 rings (SSSR count). The molecule has 2 N–H and O–H groups in total. The Morgan fingerprint density at radius 2 is 2.12 bits per heavy atom. The van der Waals surface area contributed by atoms with E-state index >= 15 is 0 Å². The van der Waals surface area contributed by atoms with Crippen LogP contribution in [0, 0.1) is 0 Å². The number of sulfonamides is 1. The molecule has 0 radical (unpaired) electrons. The summed E-state index contributed by atoms with van der Waals surface area (Å²) in [6, 6.07) is 4.08. The van der Waals surface area contributed by atoms with E-state index in [1.165, 1.54) is 16.6 Å². The summed E-state index contributed by atoms with van der Waals surface area (Å²) in [4.78, 5) is 15.8. The Bertz CT molecular complexity index is 687. The first-order valence-electron chi connectivity index (χ1n) is 8.18. The topological polar surface area (TPSA) is 109 Å². The molecular formula is C16H25N3O5S. The third-order valence-corrected chi connectivity index (χ3v) is 5.50. The van der Waals surface area contributed by atoms with Crippen LogP contribution in [0.1, 0.15) is 33.6 Å². The molecule has 1 aliphatic heterocycles. The molecule has 0 aromatic carbocycles. The molecule has 0 unspecified atom stereocenters. The maximum atomic E-state index is 12.6. The first kappa shape index (κ1) is 19.6. The third-order valence-electron chi connectivity index (χ3n) is 3.72. The van der Waals surface area contributed by atoms with Gasteiger partial charge in [-0.05, 0) is 45.7 Å². The smallest absolute Gasteiger partial charge is 0.407 e. The van der Waals surface area contributed by atoms with Crippen molar-refractivity contribution in [1.82, 2.24) is 14.6 Å². The summed E-state index contributed by atoms with van der Waals surface area (Å²) in [5.41, 5.74) is -0.645. The molecule has 9 heteroatoms. The number of amides is 1. The number of aromatic nitrogens is 1. The number of carbonyl (C=O) groups excluding carboxylic acids is 1. The van der Waals surface area contributed by atoms with Gasteiger partial charge < -0.3 is 15.2 Å². The van der Waals surface area contributed by atoms with Crippen LogP contribution in [-0.2, 0) is 14.8 Å². The van der Waals surface area contributed by atoms with Crippen molar-refractivity contribution in [2.75, 3.05) is 13.1 Å². The molecule has 0 bridgehead atoms. The van der Waals surface area contributed by atoms with E-state index in [9.17, 15) is 18.3 Å². The number of carbonyl (C=O) groups is 1. The number of hydrogen-bond acceptors (Lipinski definition) is 6. The molecule has 1 aromatic heterocycles. The van der Waals surface area contributed by atoms with Crippen molar-refractivity contribution in [2.24, 2.45) is 0 Å². The number of nitrogens with one attached hydrogen (secondary N) is 1. The second-order valence-corrected chi connectivity index (χ2v) is 8.88. The van der Waals surface area contributed by atoms with E-state index in [1.807, 2.05) is 0 Å². The molecule has 1 aromatic rings. The van der Waals surface area contributed by atoms with Gasteiger partial charge in [0.15, 0.2) is 5.03 Å². The Morgan fingerprint density at radius 1 is 1.40 bits per heavy atom. The molecule has 0 spiro atoms. The van der Waals surface area contributed by atoms with Gasteiger partial charge in [0.1, 0.15) is 5.60 Å². The van der Waals surface area contributed by atoms with Gasteiger partial charge >= 0.3 is 6.09 Å². The Labute approximate surface area is 148 Å². The van der Waals surface area contributed by atoms with E-state index in [0.717, 1.165) is 0 Å². The molecule has 2 heterocycles. The van der Waals surface area contributed by atoms with Gasteiger partial charge in [0.05, 0.1) is 12.1 Å². The molecule has 25 heavy (non-hydrogen) atoms. The first-order chi connectivity index (χ1) is 11.6. The van der Waals surface area contributed by atoms with Crippen molar-refractivity contribution in [2.45, 2.75) is 56.4 Å². The summed E-state index contributed by atoms with van der Waals surface area (Å²) in [6.45, 7) is 5.38. The van der Waals surface area contributed by atoms with Crippen LogP contribution in [-0.4, -0.2) is 59.7 Å². The lowest BCUT2D eigenvalue weighted by Gasteiger charge is -2.26. The number of β-amino-alcohol motifs (C(OH)–C–C–N with tert-alkyl or cyclic N) is 1. The quantitative estimate of drug-likeness (QED) is 0.824. The van der Waals surface area contributed by atoms with Gasteiger partial charge in [0, 0.05) is 19.3 Å². The normalized spacial score (nSPS) is 22.9. The van der Waals surface area contributed by atoms with Gasteiger partial charge in [0.2, 0.25) is 0 Å². The number of alkyl carbamates (subject to hydrolysis) is 1. The van der Waals surface area contributed by atoms with Crippen molar-refractivity contribution in [3.63, 3.8) is 0 Å². The molecule has 140 valence electrons. The van der Waals surface area contributed by atoms with Gasteiger partial charge in [-0.3, -0.25) is 0 Å². The lowest BCUT2D eigenvalue weighted by atomic mass is 10.1. The predicted molar refractivity (Wildman–Crippen MR) is 91.4 cm³/mol. The maximum Gasteiger partial charge on any atom is 0.407 e. The van der Waals surface area contributed by atoms with Crippen LogP contribution in [0.25, 0.3) is 0 Å². The van der Waals surface area contributed by atoms with Crippen molar-refractivity contribution in [1.29, 1.82) is 0 Å². The molecule has 2 atom stereocenters. The summed E-state index contributed by atoms with van der Waals surface area (Å²) in [5.74, 6) is 0. The van der Waals surface area contributed by atoms with Crippen molar-refractivity contribution < 1.29 is 23.1 Å². The number of pyridine rings is 1. The van der Waals surface area contributed by atoms with Gasteiger partial charge in [-0.25, -0.2) is 18.2 Å². The van der Waals surface area contributed by atoms with Gasteiger partial charge in [-0.1, -0.05) is 6.07 Å². The van der Waals surface area contributed by atoms with Crippen molar-refractivity contribution in [3.8, 4) is 0 Å². The summed E-state index contributed by atoms with van der Waals surface area (Å²) >= 11 is 0. The minimum absolute atomic E-state index is 0.0549. The largest absolute Gasteiger partial charge is 0.444 e. The fourth-order valence-electron chi connectivity index (χ4n) is 2.58. The number of ether oxygens (including phenoxy) is 1. The zero-order valence-corrected chi connectivity index (χ0v) is 15.5. The monoisotopic (exact) mass is 371 g/mol. The Kier molecular flexibility index (Phi) is 6.02. The lowest BCUT2D eigenvalue weighted by molar-refractivity contribution is 0.0415. The lowest BCUT2D eigenvalue weighted by Crippen LogP contribution is -2.48. The zero-order valence-electron chi connectivity index (χ0n) is 14.7. The van der Waals surface area contributed by atoms with Crippen LogP contribution >= 0.6 is 0 Å². The van der Waals surface area contributed by atoms with Crippen molar-refractivity contribution in [3.05, 3.63) is 24.4 Å². The van der Waals surface area contributed by atoms with E-state index in [2.05, 4.69) is 10.3 Å².